The number of benzene rings is 2. The second kappa shape index (κ2) is 8.60. The number of hydrogen-bond acceptors (Lipinski definition) is 7. The third-order valence-corrected chi connectivity index (χ3v) is 4.83. The Bertz CT molecular complexity index is 985. The minimum Gasteiger partial charge on any atom is -0.465 e. The first-order valence-electron chi connectivity index (χ1n) is 9.61. The van der Waals surface area contributed by atoms with E-state index < -0.39 is 0 Å². The predicted molar refractivity (Wildman–Crippen MR) is 114 cm³/mol. The van der Waals surface area contributed by atoms with Gasteiger partial charge in [0.05, 0.1) is 12.7 Å². The van der Waals surface area contributed by atoms with E-state index in [1.54, 1.807) is 18.2 Å². The lowest BCUT2D eigenvalue weighted by Gasteiger charge is -2.18. The first-order chi connectivity index (χ1) is 14.2. The fourth-order valence-electron chi connectivity index (χ4n) is 3.36. The number of nitrogens with zero attached hydrogens (tertiary/aromatic N) is 3. The third-order valence-electron chi connectivity index (χ3n) is 4.83. The van der Waals surface area contributed by atoms with Crippen LogP contribution < -0.4 is 15.5 Å². The van der Waals surface area contributed by atoms with E-state index in [4.69, 9.17) is 4.74 Å². The Kier molecular flexibility index (Phi) is 5.56. The van der Waals surface area contributed by atoms with Crippen molar-refractivity contribution < 1.29 is 9.53 Å². The summed E-state index contributed by atoms with van der Waals surface area (Å²) in [4.78, 5) is 22.6. The molecule has 7 nitrogen and oxygen atoms in total. The van der Waals surface area contributed by atoms with Crippen LogP contribution in [-0.2, 0) is 4.74 Å². The molecule has 3 aromatic rings. The molecular formula is C22H23N5O2. The number of hydrogen-bond donors (Lipinski definition) is 2. The lowest BCUT2D eigenvalue weighted by Crippen LogP contribution is -2.17. The second-order valence-corrected chi connectivity index (χ2v) is 6.85. The van der Waals surface area contributed by atoms with Crippen molar-refractivity contribution in [2.75, 3.05) is 35.7 Å². The molecule has 0 aliphatic carbocycles. The van der Waals surface area contributed by atoms with Crippen molar-refractivity contribution in [1.82, 2.24) is 9.97 Å². The molecular weight excluding hydrogens is 366 g/mol. The molecule has 1 aliphatic heterocycles. The Morgan fingerprint density at radius 1 is 0.931 bits per heavy atom. The van der Waals surface area contributed by atoms with E-state index in [0.717, 1.165) is 24.5 Å². The largest absolute Gasteiger partial charge is 0.465 e. The maximum atomic E-state index is 11.7. The van der Waals surface area contributed by atoms with Gasteiger partial charge in [-0.1, -0.05) is 6.07 Å². The molecule has 7 heteroatoms. The van der Waals surface area contributed by atoms with Crippen LogP contribution >= 0.6 is 0 Å². The summed E-state index contributed by atoms with van der Waals surface area (Å²) in [6.07, 6.45) is 4.02. The highest BCUT2D eigenvalue weighted by Gasteiger charge is 2.12. The summed E-state index contributed by atoms with van der Waals surface area (Å²) in [7, 11) is 1.36. The van der Waals surface area contributed by atoms with E-state index in [0.29, 0.717) is 17.2 Å². The highest BCUT2D eigenvalue weighted by molar-refractivity contribution is 5.90. The zero-order valence-corrected chi connectivity index (χ0v) is 16.3. The molecule has 0 amide bonds. The lowest BCUT2D eigenvalue weighted by atomic mass is 10.2. The molecule has 0 radical (unpaired) electrons. The van der Waals surface area contributed by atoms with Gasteiger partial charge in [-0.3, -0.25) is 0 Å². The molecule has 0 spiro atoms. The molecule has 0 unspecified atom stereocenters. The second-order valence-electron chi connectivity index (χ2n) is 6.85. The van der Waals surface area contributed by atoms with E-state index in [1.165, 1.54) is 32.0 Å². The normalized spacial score (nSPS) is 13.2. The van der Waals surface area contributed by atoms with Gasteiger partial charge < -0.3 is 20.3 Å². The van der Waals surface area contributed by atoms with Crippen molar-refractivity contribution >= 4 is 34.7 Å². The standard InChI is InChI=1S/C22H23N5O2/c1-29-22(28)16-5-4-6-18(13-16)26-21-14-20(23-15-24-21)25-17-7-9-19(10-8-17)27-11-2-3-12-27/h4-10,13-15H,2-3,11-12H2,1H3,(H2,23,24,25,26). The summed E-state index contributed by atoms with van der Waals surface area (Å²) in [6.45, 7) is 2.26. The van der Waals surface area contributed by atoms with Crippen molar-refractivity contribution in [3.05, 3.63) is 66.5 Å². The molecule has 2 N–H and O–H groups in total. The number of aromatic nitrogens is 2. The number of rotatable bonds is 6. The van der Waals surface area contributed by atoms with E-state index in [1.807, 2.05) is 12.1 Å². The van der Waals surface area contributed by atoms with Gasteiger partial charge in [0, 0.05) is 36.2 Å². The van der Waals surface area contributed by atoms with Gasteiger partial charge in [0.1, 0.15) is 18.0 Å². The SMILES string of the molecule is COC(=O)c1cccc(Nc2cc(Nc3ccc(N4CCCC4)cc3)ncn2)c1. The van der Waals surface area contributed by atoms with Crippen LogP contribution in [-0.4, -0.2) is 36.1 Å². The van der Waals surface area contributed by atoms with Crippen molar-refractivity contribution in [3.63, 3.8) is 0 Å². The molecule has 29 heavy (non-hydrogen) atoms. The minimum atomic E-state index is -0.379. The van der Waals surface area contributed by atoms with E-state index in [2.05, 4.69) is 49.8 Å². The summed E-state index contributed by atoms with van der Waals surface area (Å²) >= 11 is 0. The van der Waals surface area contributed by atoms with Crippen LogP contribution in [0.15, 0.2) is 60.9 Å². The number of esters is 1. The van der Waals surface area contributed by atoms with Crippen LogP contribution in [0.3, 0.4) is 0 Å². The number of nitrogens with one attached hydrogen (secondary N) is 2. The van der Waals surface area contributed by atoms with Crippen molar-refractivity contribution in [2.24, 2.45) is 0 Å². The lowest BCUT2D eigenvalue weighted by molar-refractivity contribution is 0.0601. The van der Waals surface area contributed by atoms with Crippen LogP contribution in [0.2, 0.25) is 0 Å². The first kappa shape index (κ1) is 18.7. The van der Waals surface area contributed by atoms with Crippen molar-refractivity contribution in [3.8, 4) is 0 Å². The predicted octanol–water partition coefficient (Wildman–Crippen LogP) is 4.35. The molecule has 4 rings (SSSR count). The average Bonchev–Trinajstić information content (AvgIpc) is 3.29. The van der Waals surface area contributed by atoms with Crippen LogP contribution in [0.1, 0.15) is 23.2 Å². The Balaban J connectivity index is 1.44. The van der Waals surface area contributed by atoms with Gasteiger partial charge in [-0.2, -0.15) is 0 Å². The maximum absolute atomic E-state index is 11.7. The van der Waals surface area contributed by atoms with Gasteiger partial charge in [-0.15, -0.1) is 0 Å². The molecule has 0 atom stereocenters. The smallest absolute Gasteiger partial charge is 0.337 e. The summed E-state index contributed by atoms with van der Waals surface area (Å²) in [5.74, 6) is 0.926. The van der Waals surface area contributed by atoms with Crippen LogP contribution in [0.4, 0.5) is 28.7 Å². The number of methoxy groups -OCH3 is 1. The molecule has 0 saturated carbocycles. The molecule has 2 heterocycles. The van der Waals surface area contributed by atoms with Gasteiger partial charge in [0.15, 0.2) is 0 Å². The Labute approximate surface area is 169 Å². The highest BCUT2D eigenvalue weighted by atomic mass is 16.5. The number of carbonyl (C=O) groups excluding carboxylic acids is 1. The summed E-state index contributed by atoms with van der Waals surface area (Å²) in [5, 5.41) is 6.49. The van der Waals surface area contributed by atoms with Gasteiger partial charge in [-0.05, 0) is 55.3 Å². The van der Waals surface area contributed by atoms with Gasteiger partial charge >= 0.3 is 5.97 Å². The summed E-state index contributed by atoms with van der Waals surface area (Å²) in [5.41, 5.74) is 3.43. The maximum Gasteiger partial charge on any atom is 0.337 e. The van der Waals surface area contributed by atoms with E-state index in [9.17, 15) is 4.79 Å². The quantitative estimate of drug-likeness (QED) is 0.607. The average molecular weight is 389 g/mol. The molecule has 2 aromatic carbocycles. The fraction of sp³-hybridized carbons (Fsp3) is 0.227. The van der Waals surface area contributed by atoms with Crippen LogP contribution in [0.5, 0.6) is 0 Å². The number of carbonyl (C=O) groups is 1. The summed E-state index contributed by atoms with van der Waals surface area (Å²) in [6, 6.07) is 17.3. The number of ether oxygens (including phenoxy) is 1. The summed E-state index contributed by atoms with van der Waals surface area (Å²) < 4.78 is 4.76. The first-order valence-corrected chi connectivity index (χ1v) is 9.61. The van der Waals surface area contributed by atoms with Gasteiger partial charge in [-0.25, -0.2) is 14.8 Å². The molecule has 148 valence electrons. The van der Waals surface area contributed by atoms with Crippen molar-refractivity contribution in [1.29, 1.82) is 0 Å². The molecule has 1 aromatic heterocycles. The molecule has 1 saturated heterocycles. The zero-order valence-electron chi connectivity index (χ0n) is 16.3. The number of anilines is 5. The van der Waals surface area contributed by atoms with E-state index >= 15 is 0 Å². The monoisotopic (exact) mass is 389 g/mol. The van der Waals surface area contributed by atoms with Gasteiger partial charge in [0.25, 0.3) is 0 Å². The Hall–Kier alpha value is -3.61. The Morgan fingerprint density at radius 3 is 2.31 bits per heavy atom. The minimum absolute atomic E-state index is 0.379. The Morgan fingerprint density at radius 2 is 1.62 bits per heavy atom. The topological polar surface area (TPSA) is 79.4 Å². The fourth-order valence-corrected chi connectivity index (χ4v) is 3.36. The van der Waals surface area contributed by atoms with Crippen LogP contribution in [0, 0.1) is 0 Å². The molecule has 1 aliphatic rings. The van der Waals surface area contributed by atoms with Gasteiger partial charge in [0.2, 0.25) is 0 Å². The van der Waals surface area contributed by atoms with Crippen molar-refractivity contribution in [2.45, 2.75) is 12.8 Å². The zero-order chi connectivity index (χ0) is 20.1. The van der Waals surface area contributed by atoms with E-state index in [-0.39, 0.29) is 5.97 Å². The van der Waals surface area contributed by atoms with Crippen LogP contribution in [0.25, 0.3) is 0 Å². The molecule has 0 bridgehead atoms. The molecule has 1 fully saturated rings. The highest BCUT2D eigenvalue weighted by Crippen LogP contribution is 2.24. The third kappa shape index (κ3) is 4.63.